The zero-order chi connectivity index (χ0) is 12.7. The molecule has 2 aromatic rings. The average molecular weight is 269 g/mol. The Balaban J connectivity index is 2.02. The largest absolute Gasteiger partial charge is 0.394 e. The quantitative estimate of drug-likeness (QED) is 0.834. The number of fused-ring (bicyclic) bond motifs is 1. The van der Waals surface area contributed by atoms with Gasteiger partial charge < -0.3 is 9.84 Å². The van der Waals surface area contributed by atoms with Crippen molar-refractivity contribution in [3.05, 3.63) is 17.8 Å². The van der Waals surface area contributed by atoms with Crippen molar-refractivity contribution >= 4 is 22.8 Å². The Morgan fingerprint density at radius 1 is 1.50 bits per heavy atom. The van der Waals surface area contributed by atoms with Gasteiger partial charge >= 0.3 is 0 Å². The van der Waals surface area contributed by atoms with Crippen LogP contribution in [0.3, 0.4) is 0 Å². The standard InChI is InChI=1S/C11H13ClN4O2/c1-6-2-7(3-17)18-11(6)16-5-15-8-9(12)13-4-14-10(8)16/h4-7,11,17H,2-3H2,1H3/t6-,7-,11+/m0/s1. The van der Waals surface area contributed by atoms with Crippen LogP contribution >= 0.6 is 11.6 Å². The zero-order valence-corrected chi connectivity index (χ0v) is 10.6. The fourth-order valence-electron chi connectivity index (χ4n) is 2.38. The average Bonchev–Trinajstić information content (AvgIpc) is 2.93. The number of aliphatic hydroxyl groups is 1. The lowest BCUT2D eigenvalue weighted by molar-refractivity contribution is -0.0294. The van der Waals surface area contributed by atoms with Crippen molar-refractivity contribution in [2.24, 2.45) is 5.92 Å². The van der Waals surface area contributed by atoms with Crippen LogP contribution in [0.2, 0.25) is 5.15 Å². The Morgan fingerprint density at radius 3 is 3.06 bits per heavy atom. The molecule has 0 aromatic carbocycles. The zero-order valence-electron chi connectivity index (χ0n) is 9.82. The van der Waals surface area contributed by atoms with E-state index in [9.17, 15) is 0 Å². The molecule has 18 heavy (non-hydrogen) atoms. The third-order valence-corrected chi connectivity index (χ3v) is 3.52. The van der Waals surface area contributed by atoms with Gasteiger partial charge in [-0.1, -0.05) is 18.5 Å². The Kier molecular flexibility index (Phi) is 2.93. The molecule has 7 heteroatoms. The molecule has 0 amide bonds. The van der Waals surface area contributed by atoms with E-state index in [0.717, 1.165) is 6.42 Å². The second-order valence-electron chi connectivity index (χ2n) is 4.53. The van der Waals surface area contributed by atoms with Crippen molar-refractivity contribution in [1.82, 2.24) is 19.5 Å². The maximum atomic E-state index is 9.16. The lowest BCUT2D eigenvalue weighted by Gasteiger charge is -2.17. The van der Waals surface area contributed by atoms with Crippen molar-refractivity contribution < 1.29 is 9.84 Å². The molecule has 2 aromatic heterocycles. The molecule has 1 N–H and O–H groups in total. The van der Waals surface area contributed by atoms with Gasteiger partial charge in [0.25, 0.3) is 0 Å². The molecule has 3 rings (SSSR count). The second kappa shape index (κ2) is 4.46. The van der Waals surface area contributed by atoms with E-state index in [4.69, 9.17) is 21.4 Å². The van der Waals surface area contributed by atoms with Gasteiger partial charge in [0.1, 0.15) is 18.1 Å². The highest BCUT2D eigenvalue weighted by atomic mass is 35.5. The highest BCUT2D eigenvalue weighted by molar-refractivity contribution is 6.33. The van der Waals surface area contributed by atoms with Gasteiger partial charge in [0, 0.05) is 5.92 Å². The van der Waals surface area contributed by atoms with Gasteiger partial charge in [-0.05, 0) is 6.42 Å². The molecule has 6 nitrogen and oxygen atoms in total. The Morgan fingerprint density at radius 2 is 2.33 bits per heavy atom. The molecule has 0 radical (unpaired) electrons. The SMILES string of the molecule is C[C@H]1C[C@@H](CO)O[C@H]1n1cnc2c(Cl)ncnc21. The van der Waals surface area contributed by atoms with E-state index < -0.39 is 0 Å². The first kappa shape index (κ1) is 11.8. The van der Waals surface area contributed by atoms with Crippen LogP contribution < -0.4 is 0 Å². The van der Waals surface area contributed by atoms with Gasteiger partial charge in [-0.15, -0.1) is 0 Å². The monoisotopic (exact) mass is 268 g/mol. The number of hydrogen-bond donors (Lipinski definition) is 1. The summed E-state index contributed by atoms with van der Waals surface area (Å²) in [5.41, 5.74) is 1.23. The first-order chi connectivity index (χ1) is 8.70. The maximum absolute atomic E-state index is 9.16. The van der Waals surface area contributed by atoms with Crippen molar-refractivity contribution in [3.63, 3.8) is 0 Å². The molecule has 1 aliphatic rings. The first-order valence-electron chi connectivity index (χ1n) is 5.80. The van der Waals surface area contributed by atoms with Gasteiger partial charge in [-0.3, -0.25) is 4.57 Å². The number of halogens is 1. The molecule has 3 atom stereocenters. The maximum Gasteiger partial charge on any atom is 0.166 e. The molecule has 96 valence electrons. The van der Waals surface area contributed by atoms with Crippen LogP contribution in [-0.2, 0) is 4.74 Å². The number of imidazole rings is 1. The molecule has 1 fully saturated rings. The van der Waals surface area contributed by atoms with Crippen LogP contribution in [0.5, 0.6) is 0 Å². The summed E-state index contributed by atoms with van der Waals surface area (Å²) in [6.07, 6.45) is 3.59. The first-order valence-corrected chi connectivity index (χ1v) is 6.18. The van der Waals surface area contributed by atoms with Crippen LogP contribution in [0.1, 0.15) is 19.6 Å². The lowest BCUT2D eigenvalue weighted by Crippen LogP contribution is -2.15. The topological polar surface area (TPSA) is 73.1 Å². The summed E-state index contributed by atoms with van der Waals surface area (Å²) in [6, 6.07) is 0. The summed E-state index contributed by atoms with van der Waals surface area (Å²) >= 11 is 5.96. The molecule has 0 unspecified atom stereocenters. The molecular weight excluding hydrogens is 256 g/mol. The van der Waals surface area contributed by atoms with Crippen LogP contribution in [0, 0.1) is 5.92 Å². The minimum absolute atomic E-state index is 0.0310. The van der Waals surface area contributed by atoms with Gasteiger partial charge in [-0.2, -0.15) is 0 Å². The number of nitrogens with zero attached hydrogens (tertiary/aromatic N) is 4. The third kappa shape index (κ3) is 1.77. The number of aromatic nitrogens is 4. The number of ether oxygens (including phenoxy) is 1. The number of rotatable bonds is 2. The Labute approximate surface area is 109 Å². The van der Waals surface area contributed by atoms with Gasteiger partial charge in [0.05, 0.1) is 19.0 Å². The summed E-state index contributed by atoms with van der Waals surface area (Å²) in [7, 11) is 0. The number of hydrogen-bond acceptors (Lipinski definition) is 5. The van der Waals surface area contributed by atoms with E-state index in [1.165, 1.54) is 6.33 Å². The Bertz CT molecular complexity index is 573. The fourth-order valence-corrected chi connectivity index (χ4v) is 2.56. The minimum Gasteiger partial charge on any atom is -0.394 e. The molecule has 0 spiro atoms. The van der Waals surface area contributed by atoms with Crippen LogP contribution in [0.25, 0.3) is 11.2 Å². The molecule has 1 aliphatic heterocycles. The van der Waals surface area contributed by atoms with Crippen LogP contribution in [0.4, 0.5) is 0 Å². The summed E-state index contributed by atoms with van der Waals surface area (Å²) < 4.78 is 7.64. The summed E-state index contributed by atoms with van der Waals surface area (Å²) in [6.45, 7) is 2.11. The van der Waals surface area contributed by atoms with Crippen molar-refractivity contribution in [1.29, 1.82) is 0 Å². The van der Waals surface area contributed by atoms with E-state index in [1.54, 1.807) is 6.33 Å². The van der Waals surface area contributed by atoms with Gasteiger partial charge in [-0.25, -0.2) is 15.0 Å². The molecule has 0 aliphatic carbocycles. The van der Waals surface area contributed by atoms with E-state index >= 15 is 0 Å². The molecule has 0 bridgehead atoms. The van der Waals surface area contributed by atoms with Crippen molar-refractivity contribution in [3.8, 4) is 0 Å². The lowest BCUT2D eigenvalue weighted by atomic mass is 10.1. The highest BCUT2D eigenvalue weighted by Crippen LogP contribution is 2.35. The Hall–Kier alpha value is -1.24. The third-order valence-electron chi connectivity index (χ3n) is 3.25. The molecule has 1 saturated heterocycles. The normalized spacial score (nSPS) is 28.1. The van der Waals surface area contributed by atoms with E-state index in [-0.39, 0.29) is 24.9 Å². The molecule has 0 saturated carbocycles. The molecular formula is C11H13ClN4O2. The van der Waals surface area contributed by atoms with Crippen molar-refractivity contribution in [2.45, 2.75) is 25.7 Å². The van der Waals surface area contributed by atoms with Crippen LogP contribution in [-0.4, -0.2) is 37.3 Å². The van der Waals surface area contributed by atoms with E-state index in [0.29, 0.717) is 16.3 Å². The molecule has 3 heterocycles. The highest BCUT2D eigenvalue weighted by Gasteiger charge is 2.34. The summed E-state index contributed by atoms with van der Waals surface area (Å²) in [5.74, 6) is 0.285. The van der Waals surface area contributed by atoms with Gasteiger partial charge in [0.2, 0.25) is 0 Å². The van der Waals surface area contributed by atoms with E-state index in [2.05, 4.69) is 21.9 Å². The van der Waals surface area contributed by atoms with E-state index in [1.807, 2.05) is 4.57 Å². The fraction of sp³-hybridized carbons (Fsp3) is 0.545. The predicted octanol–water partition coefficient (Wildman–Crippen LogP) is 1.40. The minimum atomic E-state index is -0.168. The number of aliphatic hydroxyl groups excluding tert-OH is 1. The predicted molar refractivity (Wildman–Crippen MR) is 65.1 cm³/mol. The summed E-state index contributed by atoms with van der Waals surface area (Å²) in [5, 5.41) is 9.50. The smallest absolute Gasteiger partial charge is 0.166 e. The van der Waals surface area contributed by atoms with Crippen LogP contribution in [0.15, 0.2) is 12.7 Å². The van der Waals surface area contributed by atoms with Gasteiger partial charge in [0.15, 0.2) is 10.8 Å². The van der Waals surface area contributed by atoms with Crippen molar-refractivity contribution in [2.75, 3.05) is 6.61 Å². The second-order valence-corrected chi connectivity index (χ2v) is 4.89. The summed E-state index contributed by atoms with van der Waals surface area (Å²) in [4.78, 5) is 12.3.